The van der Waals surface area contributed by atoms with Gasteiger partial charge in [-0.3, -0.25) is 0 Å². The fourth-order valence-corrected chi connectivity index (χ4v) is 3.37. The van der Waals surface area contributed by atoms with Crippen molar-refractivity contribution in [1.29, 1.82) is 0 Å². The van der Waals surface area contributed by atoms with Crippen molar-refractivity contribution in [2.45, 2.75) is 31.0 Å². The molecule has 0 amide bonds. The maximum Gasteiger partial charge on any atom is 0.211 e. The van der Waals surface area contributed by atoms with Crippen LogP contribution in [-0.2, 0) is 19.5 Å². The summed E-state index contributed by atoms with van der Waals surface area (Å²) in [5, 5.41) is 0. The lowest BCUT2D eigenvalue weighted by Crippen LogP contribution is -2.46. The van der Waals surface area contributed by atoms with E-state index in [1.807, 2.05) is 0 Å². The maximum absolute atomic E-state index is 11.4. The third-order valence-corrected chi connectivity index (χ3v) is 4.91. The number of methoxy groups -OCH3 is 1. The van der Waals surface area contributed by atoms with Crippen LogP contribution < -0.4 is 0 Å². The highest BCUT2D eigenvalue weighted by Crippen LogP contribution is 2.37. The Kier molecular flexibility index (Phi) is 3.27. The molecule has 0 N–H and O–H groups in total. The minimum atomic E-state index is -3.04. The molecule has 2 rings (SSSR count). The van der Waals surface area contributed by atoms with Crippen molar-refractivity contribution in [2.75, 3.05) is 33.1 Å². The molecule has 2 fully saturated rings. The molecule has 0 aromatic heterocycles. The smallest absolute Gasteiger partial charge is 0.211 e. The van der Waals surface area contributed by atoms with Crippen LogP contribution in [-0.4, -0.2) is 57.5 Å². The van der Waals surface area contributed by atoms with Gasteiger partial charge in [0.1, 0.15) is 0 Å². The van der Waals surface area contributed by atoms with E-state index < -0.39 is 10.0 Å². The lowest BCUT2D eigenvalue weighted by atomic mass is 9.89. The van der Waals surface area contributed by atoms with Gasteiger partial charge in [-0.2, -0.15) is 0 Å². The van der Waals surface area contributed by atoms with Crippen molar-refractivity contribution in [3.8, 4) is 0 Å². The molecule has 1 spiro atoms. The number of sulfonamides is 1. The van der Waals surface area contributed by atoms with Crippen molar-refractivity contribution >= 4 is 10.0 Å². The van der Waals surface area contributed by atoms with E-state index in [4.69, 9.17) is 9.47 Å². The van der Waals surface area contributed by atoms with Gasteiger partial charge in [-0.15, -0.1) is 0 Å². The van der Waals surface area contributed by atoms with E-state index in [0.29, 0.717) is 19.7 Å². The molecule has 1 atom stereocenters. The highest BCUT2D eigenvalue weighted by atomic mass is 32.2. The second-order valence-electron chi connectivity index (χ2n) is 4.72. The van der Waals surface area contributed by atoms with Crippen molar-refractivity contribution in [3.05, 3.63) is 0 Å². The van der Waals surface area contributed by atoms with Gasteiger partial charge in [0.15, 0.2) is 0 Å². The quantitative estimate of drug-likeness (QED) is 0.702. The average Bonchev–Trinajstić information content (AvgIpc) is 2.61. The summed E-state index contributed by atoms with van der Waals surface area (Å²) in [4.78, 5) is 0. The zero-order valence-electron chi connectivity index (χ0n) is 9.81. The first kappa shape index (κ1) is 12.3. The first-order valence-electron chi connectivity index (χ1n) is 5.57. The number of nitrogens with zero attached hydrogens (tertiary/aromatic N) is 1. The molecule has 2 aliphatic rings. The molecule has 0 saturated carbocycles. The highest BCUT2D eigenvalue weighted by Gasteiger charge is 2.44. The van der Waals surface area contributed by atoms with Crippen LogP contribution in [0.4, 0.5) is 0 Å². The van der Waals surface area contributed by atoms with Gasteiger partial charge in [-0.25, -0.2) is 12.7 Å². The van der Waals surface area contributed by atoms with Crippen molar-refractivity contribution in [1.82, 2.24) is 4.31 Å². The molecule has 2 aliphatic heterocycles. The molecule has 0 aromatic carbocycles. The molecular weight excluding hydrogens is 230 g/mol. The second-order valence-corrected chi connectivity index (χ2v) is 6.70. The van der Waals surface area contributed by atoms with Crippen LogP contribution in [0.25, 0.3) is 0 Å². The Labute approximate surface area is 96.8 Å². The third kappa shape index (κ3) is 2.40. The number of piperidine rings is 1. The number of ether oxygens (including phenoxy) is 2. The van der Waals surface area contributed by atoms with E-state index in [2.05, 4.69) is 0 Å². The number of hydrogen-bond acceptors (Lipinski definition) is 4. The fourth-order valence-electron chi connectivity index (χ4n) is 2.53. The lowest BCUT2D eigenvalue weighted by Gasteiger charge is -2.37. The van der Waals surface area contributed by atoms with Crippen molar-refractivity contribution in [2.24, 2.45) is 0 Å². The first-order valence-corrected chi connectivity index (χ1v) is 7.42. The van der Waals surface area contributed by atoms with Gasteiger partial charge in [0.25, 0.3) is 0 Å². The van der Waals surface area contributed by atoms with Gasteiger partial charge < -0.3 is 9.47 Å². The Bertz CT molecular complexity index is 346. The van der Waals surface area contributed by atoms with Crippen LogP contribution in [0, 0.1) is 0 Å². The summed E-state index contributed by atoms with van der Waals surface area (Å²) < 4.78 is 35.3. The van der Waals surface area contributed by atoms with E-state index in [9.17, 15) is 8.42 Å². The van der Waals surface area contributed by atoms with Crippen molar-refractivity contribution in [3.63, 3.8) is 0 Å². The van der Waals surface area contributed by atoms with Gasteiger partial charge in [-0.05, 0) is 12.8 Å². The molecule has 0 radical (unpaired) electrons. The molecule has 16 heavy (non-hydrogen) atoms. The first-order chi connectivity index (χ1) is 7.45. The molecule has 6 heteroatoms. The SMILES string of the molecule is CO[C@H]1COC2(CCN(S(C)(=O)=O)CC2)C1. The van der Waals surface area contributed by atoms with E-state index in [1.165, 1.54) is 10.6 Å². The molecule has 2 heterocycles. The zero-order valence-corrected chi connectivity index (χ0v) is 10.6. The van der Waals surface area contributed by atoms with E-state index in [-0.39, 0.29) is 11.7 Å². The van der Waals surface area contributed by atoms with Gasteiger partial charge in [0.05, 0.1) is 24.6 Å². The van der Waals surface area contributed by atoms with Crippen molar-refractivity contribution < 1.29 is 17.9 Å². The van der Waals surface area contributed by atoms with Crippen LogP contribution >= 0.6 is 0 Å². The van der Waals surface area contributed by atoms with E-state index >= 15 is 0 Å². The van der Waals surface area contributed by atoms with Crippen LogP contribution in [0.5, 0.6) is 0 Å². The summed E-state index contributed by atoms with van der Waals surface area (Å²) in [5.74, 6) is 0. The van der Waals surface area contributed by atoms with Crippen LogP contribution in [0.3, 0.4) is 0 Å². The summed E-state index contributed by atoms with van der Waals surface area (Å²) in [6.07, 6.45) is 3.88. The van der Waals surface area contributed by atoms with Crippen LogP contribution in [0.15, 0.2) is 0 Å². The monoisotopic (exact) mass is 249 g/mol. The molecule has 5 nitrogen and oxygen atoms in total. The maximum atomic E-state index is 11.4. The lowest BCUT2D eigenvalue weighted by molar-refractivity contribution is -0.0327. The third-order valence-electron chi connectivity index (χ3n) is 3.61. The Morgan fingerprint density at radius 1 is 1.38 bits per heavy atom. The van der Waals surface area contributed by atoms with E-state index in [1.54, 1.807) is 7.11 Å². The Morgan fingerprint density at radius 3 is 2.44 bits per heavy atom. The zero-order chi connectivity index (χ0) is 11.8. The van der Waals surface area contributed by atoms with Gasteiger partial charge in [0.2, 0.25) is 10.0 Å². The Morgan fingerprint density at radius 2 is 2.00 bits per heavy atom. The standard InChI is InChI=1S/C10H19NO4S/c1-14-9-7-10(15-8-9)3-5-11(6-4-10)16(2,12)13/h9H,3-8H2,1-2H3/t9-/m1/s1. The summed E-state index contributed by atoms with van der Waals surface area (Å²) in [6, 6.07) is 0. The normalized spacial score (nSPS) is 31.0. The topological polar surface area (TPSA) is 55.8 Å². The molecule has 94 valence electrons. The predicted molar refractivity (Wildman–Crippen MR) is 59.7 cm³/mol. The largest absolute Gasteiger partial charge is 0.379 e. The molecular formula is C10H19NO4S. The summed E-state index contributed by atoms with van der Waals surface area (Å²) in [6.45, 7) is 1.76. The second kappa shape index (κ2) is 4.25. The highest BCUT2D eigenvalue weighted by molar-refractivity contribution is 7.88. The summed E-state index contributed by atoms with van der Waals surface area (Å²) in [5.41, 5.74) is -0.137. The molecule has 2 saturated heterocycles. The van der Waals surface area contributed by atoms with Gasteiger partial charge >= 0.3 is 0 Å². The minimum Gasteiger partial charge on any atom is -0.379 e. The number of hydrogen-bond donors (Lipinski definition) is 0. The molecule has 0 unspecified atom stereocenters. The molecule has 0 bridgehead atoms. The number of rotatable bonds is 2. The summed E-state index contributed by atoms with van der Waals surface area (Å²) >= 11 is 0. The minimum absolute atomic E-state index is 0.137. The molecule has 0 aromatic rings. The average molecular weight is 249 g/mol. The van der Waals surface area contributed by atoms with E-state index in [0.717, 1.165) is 19.3 Å². The Hall–Kier alpha value is -0.170. The van der Waals surface area contributed by atoms with Gasteiger partial charge in [-0.1, -0.05) is 0 Å². The van der Waals surface area contributed by atoms with Crippen LogP contribution in [0.1, 0.15) is 19.3 Å². The predicted octanol–water partition coefficient (Wildman–Crippen LogP) is 0.216. The molecule has 0 aliphatic carbocycles. The Balaban J connectivity index is 1.95. The van der Waals surface area contributed by atoms with Gasteiger partial charge in [0, 0.05) is 26.6 Å². The fraction of sp³-hybridized carbons (Fsp3) is 1.00. The summed E-state index contributed by atoms with van der Waals surface area (Å²) in [7, 11) is -1.35. The van der Waals surface area contributed by atoms with Crippen LogP contribution in [0.2, 0.25) is 0 Å².